The van der Waals surface area contributed by atoms with Crippen molar-refractivity contribution in [1.29, 1.82) is 0 Å². The topological polar surface area (TPSA) is 116 Å². The molecule has 2 unspecified atom stereocenters. The van der Waals surface area contributed by atoms with Crippen molar-refractivity contribution in [1.82, 2.24) is 4.90 Å². The molecule has 28 heavy (non-hydrogen) atoms. The predicted molar refractivity (Wildman–Crippen MR) is 96.8 cm³/mol. The van der Waals surface area contributed by atoms with Gasteiger partial charge in [0, 0.05) is 0 Å². The fourth-order valence-corrected chi connectivity index (χ4v) is 3.31. The molecule has 1 saturated heterocycles. The Labute approximate surface area is 164 Å². The minimum absolute atomic E-state index is 0.512. The summed E-state index contributed by atoms with van der Waals surface area (Å²) >= 11 is 0. The Kier molecular flexibility index (Phi) is 7.33. The largest absolute Gasteiger partial charge is 0.467 e. The number of Topliss-reactive ketones (excluding diaryl/α,β-unsaturated/α-hetero) is 1. The molecule has 1 fully saturated rings. The average molecular weight is 399 g/mol. The molecule has 1 heterocycles. The molecule has 9 heteroatoms. The van der Waals surface area contributed by atoms with Gasteiger partial charge in [-0.3, -0.25) is 9.59 Å². The van der Waals surface area contributed by atoms with Crippen LogP contribution in [0.25, 0.3) is 0 Å². The van der Waals surface area contributed by atoms with Crippen LogP contribution in [-0.4, -0.2) is 65.4 Å². The molecule has 1 aliphatic rings. The van der Waals surface area contributed by atoms with E-state index in [0.29, 0.717) is 0 Å². The van der Waals surface area contributed by atoms with Crippen LogP contribution in [0.2, 0.25) is 0 Å². The van der Waals surface area contributed by atoms with Crippen molar-refractivity contribution in [2.75, 3.05) is 7.11 Å². The molecule has 9 nitrogen and oxygen atoms in total. The number of likely N-dealkylation sites (tertiary alicyclic amines) is 1. The number of rotatable bonds is 8. The number of ketones is 1. The molecule has 0 aliphatic carbocycles. The Morgan fingerprint density at radius 3 is 1.64 bits per heavy atom. The number of hydrogen-bond acceptors (Lipinski definition) is 8. The molecular formula is C19H29NO8. The number of nitrogens with zero attached hydrogens (tertiary/aromatic N) is 1. The number of hydrogen-bond donors (Lipinski definition) is 0. The van der Waals surface area contributed by atoms with Gasteiger partial charge in [0.15, 0.2) is 0 Å². The summed E-state index contributed by atoms with van der Waals surface area (Å²) in [6.07, 6.45) is -1.26. The van der Waals surface area contributed by atoms with Crippen LogP contribution in [0.15, 0.2) is 0 Å². The molecular weight excluding hydrogens is 370 g/mol. The fraction of sp³-hybridized carbons (Fsp3) is 0.737. The van der Waals surface area contributed by atoms with Gasteiger partial charge in [0.2, 0.25) is 5.91 Å². The van der Waals surface area contributed by atoms with Gasteiger partial charge in [-0.1, -0.05) is 13.8 Å². The van der Waals surface area contributed by atoms with E-state index in [-0.39, 0.29) is 0 Å². The molecule has 0 saturated carbocycles. The zero-order chi connectivity index (χ0) is 22.0. The predicted octanol–water partition coefficient (Wildman–Crippen LogP) is 0.873. The lowest BCUT2D eigenvalue weighted by atomic mass is 9.68. The summed E-state index contributed by atoms with van der Waals surface area (Å²) in [7, 11) is 1.13. The number of β-lactam (4-membered cyclic amide) rings is 1. The van der Waals surface area contributed by atoms with Crippen LogP contribution >= 0.6 is 0 Å². The van der Waals surface area contributed by atoms with Gasteiger partial charge in [-0.15, -0.1) is 0 Å². The molecule has 158 valence electrons. The Balaban J connectivity index is 3.71. The smallest absolute Gasteiger partial charge is 0.345 e. The van der Waals surface area contributed by atoms with Crippen molar-refractivity contribution in [3.63, 3.8) is 0 Å². The van der Waals surface area contributed by atoms with E-state index in [0.717, 1.165) is 18.9 Å². The standard InChI is InChI=1S/C19H29NO8/c1-9(2)14(16(23)26-8)20-15(22)13(12(7)21)19(20,17(24)27-10(3)4)18(25)28-11(5)6/h9-11,13-14H,1-8H3. The monoisotopic (exact) mass is 399 g/mol. The summed E-state index contributed by atoms with van der Waals surface area (Å²) in [6, 6.07) is -1.27. The molecule has 0 aromatic carbocycles. The van der Waals surface area contributed by atoms with Gasteiger partial charge in [-0.25, -0.2) is 14.4 Å². The summed E-state index contributed by atoms with van der Waals surface area (Å²) in [5.74, 6) is -6.69. The van der Waals surface area contributed by atoms with Crippen LogP contribution in [0.5, 0.6) is 0 Å². The Morgan fingerprint density at radius 1 is 0.929 bits per heavy atom. The molecule has 0 N–H and O–H groups in total. The van der Waals surface area contributed by atoms with Gasteiger partial charge >= 0.3 is 17.9 Å². The van der Waals surface area contributed by atoms with E-state index in [4.69, 9.17) is 14.2 Å². The number of carbonyl (C=O) groups excluding carboxylic acids is 5. The number of amides is 1. The second-order valence-electron chi connectivity index (χ2n) is 7.64. The molecule has 0 spiro atoms. The van der Waals surface area contributed by atoms with Crippen molar-refractivity contribution in [2.24, 2.45) is 11.8 Å². The fourth-order valence-electron chi connectivity index (χ4n) is 3.31. The van der Waals surface area contributed by atoms with Gasteiger partial charge in [0.05, 0.1) is 19.3 Å². The van der Waals surface area contributed by atoms with Crippen LogP contribution in [0, 0.1) is 11.8 Å². The third-order valence-corrected chi connectivity index (χ3v) is 4.35. The molecule has 1 aliphatic heterocycles. The van der Waals surface area contributed by atoms with Gasteiger partial charge in [-0.2, -0.15) is 0 Å². The highest BCUT2D eigenvalue weighted by Gasteiger charge is 2.76. The second-order valence-corrected chi connectivity index (χ2v) is 7.64. The first kappa shape index (κ1) is 23.6. The Bertz CT molecular complexity index is 645. The minimum atomic E-state index is -2.37. The lowest BCUT2D eigenvalue weighted by Gasteiger charge is -2.55. The molecule has 1 amide bonds. The summed E-state index contributed by atoms with van der Waals surface area (Å²) in [6.45, 7) is 10.6. The van der Waals surface area contributed by atoms with E-state index in [1.807, 2.05) is 0 Å². The van der Waals surface area contributed by atoms with Crippen molar-refractivity contribution in [3.8, 4) is 0 Å². The maximum atomic E-state index is 13.1. The van der Waals surface area contributed by atoms with Crippen LogP contribution < -0.4 is 0 Å². The molecule has 0 aromatic rings. The number of carbonyl (C=O) groups is 5. The molecule has 1 rings (SSSR count). The first-order valence-electron chi connectivity index (χ1n) is 9.17. The third-order valence-electron chi connectivity index (χ3n) is 4.35. The first-order valence-corrected chi connectivity index (χ1v) is 9.17. The normalized spacial score (nSPS) is 19.3. The number of ether oxygens (including phenoxy) is 3. The Morgan fingerprint density at radius 2 is 1.36 bits per heavy atom. The van der Waals surface area contributed by atoms with Gasteiger partial charge in [0.25, 0.3) is 5.54 Å². The van der Waals surface area contributed by atoms with Crippen molar-refractivity contribution < 1.29 is 38.2 Å². The van der Waals surface area contributed by atoms with E-state index in [9.17, 15) is 24.0 Å². The van der Waals surface area contributed by atoms with E-state index >= 15 is 0 Å². The lowest BCUT2D eigenvalue weighted by molar-refractivity contribution is -0.214. The van der Waals surface area contributed by atoms with Crippen LogP contribution in [0.1, 0.15) is 48.5 Å². The maximum Gasteiger partial charge on any atom is 0.345 e. The molecule has 0 aromatic heterocycles. The maximum absolute atomic E-state index is 13.1. The zero-order valence-corrected chi connectivity index (χ0v) is 17.6. The lowest BCUT2D eigenvalue weighted by Crippen LogP contribution is -2.83. The second kappa shape index (κ2) is 8.70. The highest BCUT2D eigenvalue weighted by Crippen LogP contribution is 2.44. The van der Waals surface area contributed by atoms with Gasteiger partial charge < -0.3 is 19.1 Å². The van der Waals surface area contributed by atoms with Crippen molar-refractivity contribution in [2.45, 2.75) is 72.3 Å². The zero-order valence-electron chi connectivity index (χ0n) is 17.6. The van der Waals surface area contributed by atoms with Crippen molar-refractivity contribution >= 4 is 29.6 Å². The molecule has 0 radical (unpaired) electrons. The SMILES string of the molecule is COC(=O)C(C(C)C)N1C(=O)C(C(C)=O)C1(C(=O)OC(C)C)C(=O)OC(C)C. The molecule has 0 bridgehead atoms. The van der Waals surface area contributed by atoms with E-state index < -0.39 is 65.2 Å². The Hall–Kier alpha value is -2.45. The van der Waals surface area contributed by atoms with Gasteiger partial charge in [0.1, 0.15) is 17.7 Å². The third kappa shape index (κ3) is 3.88. The van der Waals surface area contributed by atoms with Gasteiger partial charge in [-0.05, 0) is 40.5 Å². The molecule has 2 atom stereocenters. The summed E-state index contributed by atoms with van der Waals surface area (Å²) in [5, 5.41) is 0. The highest BCUT2D eigenvalue weighted by atomic mass is 16.6. The van der Waals surface area contributed by atoms with Crippen LogP contribution in [0.3, 0.4) is 0 Å². The number of esters is 3. The quantitative estimate of drug-likeness (QED) is 0.255. The van der Waals surface area contributed by atoms with Crippen molar-refractivity contribution in [3.05, 3.63) is 0 Å². The number of methoxy groups -OCH3 is 1. The first-order chi connectivity index (χ1) is 12.8. The van der Waals surface area contributed by atoms with Crippen LogP contribution in [0.4, 0.5) is 0 Å². The van der Waals surface area contributed by atoms with E-state index in [1.54, 1.807) is 41.5 Å². The summed E-state index contributed by atoms with van der Waals surface area (Å²) in [4.78, 5) is 64.4. The summed E-state index contributed by atoms with van der Waals surface area (Å²) < 4.78 is 15.2. The van der Waals surface area contributed by atoms with Crippen LogP contribution in [-0.2, 0) is 38.2 Å². The highest BCUT2D eigenvalue weighted by molar-refractivity contribution is 6.25. The average Bonchev–Trinajstić information content (AvgIpc) is 2.53. The summed E-state index contributed by atoms with van der Waals surface area (Å²) in [5.41, 5.74) is -2.37. The van der Waals surface area contributed by atoms with E-state index in [2.05, 4.69) is 0 Å². The minimum Gasteiger partial charge on any atom is -0.467 e. The van der Waals surface area contributed by atoms with E-state index in [1.165, 1.54) is 0 Å².